The van der Waals surface area contributed by atoms with E-state index in [1.165, 1.54) is 0 Å². The van der Waals surface area contributed by atoms with Crippen LogP contribution in [-0.2, 0) is 29.3 Å². The van der Waals surface area contributed by atoms with Gasteiger partial charge in [-0.2, -0.15) is 9.61 Å². The molecule has 2 N–H and O–H groups in total. The van der Waals surface area contributed by atoms with Crippen LogP contribution in [0.25, 0.3) is 22.5 Å². The molecule has 3 saturated heterocycles. The molecule has 1 unspecified atom stereocenters. The maximum atomic E-state index is 13.6. The first-order valence-corrected chi connectivity index (χ1v) is 28.8. The number of aromatic nitrogens is 4. The predicted molar refractivity (Wildman–Crippen MR) is 238 cm³/mol. The summed E-state index contributed by atoms with van der Waals surface area (Å²) < 4.78 is 27.0. The number of pyridine rings is 1. The Kier molecular flexibility index (Phi) is 13.2. The van der Waals surface area contributed by atoms with Gasteiger partial charge in [-0.25, -0.2) is 14.6 Å². The summed E-state index contributed by atoms with van der Waals surface area (Å²) in [6.07, 6.45) is 6.33. The lowest BCUT2D eigenvalue weighted by Crippen LogP contribution is -2.48. The summed E-state index contributed by atoms with van der Waals surface area (Å²) in [5, 5.41) is 9.99. The first-order chi connectivity index (χ1) is 28.1. The van der Waals surface area contributed by atoms with Crippen LogP contribution < -0.4 is 15.5 Å². The Balaban J connectivity index is 1.49. The summed E-state index contributed by atoms with van der Waals surface area (Å²) in [7, 11) is -2.77. The maximum Gasteiger partial charge on any atom is 0.410 e. The van der Waals surface area contributed by atoms with Crippen molar-refractivity contribution in [3.8, 4) is 11.1 Å². The highest BCUT2D eigenvalue weighted by molar-refractivity contribution is 6.76. The molecule has 4 amide bonds. The van der Waals surface area contributed by atoms with Crippen LogP contribution in [-0.4, -0.2) is 110 Å². The standard InChI is InChI=1S/C43H66N8O7Si2/c1-13-57-28(2)35-36(30-22-31-15-16-32(23-30)50(31)41(54)58-42(3,4)5)46-37-33(29-14-17-34(44-24-29)43(6)39(52)47-40(53)48-43)25-45-51(37)38(35)49(26-55-18-20-59(7,8)9)27-56-19-21-60(10,11)12/h14,17,24-25,30-32H,2,13,15-16,18-23,26-27H2,1,3-12H3,(H2,47,48,52,53)/t30-,31-,32+,43?. The molecule has 0 radical (unpaired) electrons. The van der Waals surface area contributed by atoms with Gasteiger partial charge in [-0.1, -0.05) is 51.9 Å². The zero-order valence-electron chi connectivity index (χ0n) is 37.6. The van der Waals surface area contributed by atoms with E-state index >= 15 is 0 Å². The number of hydrogen-bond donors (Lipinski definition) is 2. The second-order valence-corrected chi connectivity index (χ2v) is 31.2. The van der Waals surface area contributed by atoms with Crippen molar-refractivity contribution in [1.82, 2.24) is 35.1 Å². The van der Waals surface area contributed by atoms with Crippen LogP contribution in [0.15, 0.2) is 31.1 Å². The third-order valence-corrected chi connectivity index (χ3v) is 14.8. The first kappa shape index (κ1) is 45.2. The van der Waals surface area contributed by atoms with E-state index in [4.69, 9.17) is 29.0 Å². The van der Waals surface area contributed by atoms with Crippen LogP contribution in [0.3, 0.4) is 0 Å². The molecular formula is C43H66N8O7Si2. The number of anilines is 1. The number of fused-ring (bicyclic) bond motifs is 3. The van der Waals surface area contributed by atoms with Crippen molar-refractivity contribution in [3.63, 3.8) is 0 Å². The van der Waals surface area contributed by atoms with Gasteiger partial charge in [0, 0.05) is 64.7 Å². The minimum absolute atomic E-state index is 0.0139. The molecule has 60 heavy (non-hydrogen) atoms. The second-order valence-electron chi connectivity index (χ2n) is 20.0. The number of nitrogens with one attached hydrogen (secondary N) is 2. The lowest BCUT2D eigenvalue weighted by atomic mass is 9.85. The molecular weight excluding hydrogens is 797 g/mol. The highest BCUT2D eigenvalue weighted by atomic mass is 28.3. The molecule has 328 valence electrons. The summed E-state index contributed by atoms with van der Waals surface area (Å²) in [6.45, 7) is 29.9. The summed E-state index contributed by atoms with van der Waals surface area (Å²) in [5.74, 6) is 0.659. The van der Waals surface area contributed by atoms with E-state index in [9.17, 15) is 14.4 Å². The van der Waals surface area contributed by atoms with Gasteiger partial charge in [0.2, 0.25) is 0 Å². The fourth-order valence-electron chi connectivity index (χ4n) is 8.15. The van der Waals surface area contributed by atoms with Crippen molar-refractivity contribution < 1.29 is 33.3 Å². The number of nitrogens with zero attached hydrogens (tertiary/aromatic N) is 6. The summed E-state index contributed by atoms with van der Waals surface area (Å²) >= 11 is 0. The van der Waals surface area contributed by atoms with Gasteiger partial charge in [-0.05, 0) is 78.5 Å². The quantitative estimate of drug-likeness (QED) is 0.0446. The molecule has 17 heteroatoms. The predicted octanol–water partition coefficient (Wildman–Crippen LogP) is 7.93. The molecule has 4 atom stereocenters. The minimum atomic E-state index is -1.39. The number of urea groups is 1. The van der Waals surface area contributed by atoms with Gasteiger partial charge >= 0.3 is 12.1 Å². The Morgan fingerprint density at radius 1 is 0.983 bits per heavy atom. The van der Waals surface area contributed by atoms with Gasteiger partial charge in [-0.3, -0.25) is 15.1 Å². The van der Waals surface area contributed by atoms with Crippen LogP contribution in [0.1, 0.15) is 83.2 Å². The molecule has 3 aromatic heterocycles. The Bertz CT molecular complexity index is 2040. The number of amides is 4. The van der Waals surface area contributed by atoms with Crippen molar-refractivity contribution in [2.24, 2.45) is 0 Å². The number of ether oxygens (including phenoxy) is 4. The number of rotatable bonds is 17. The van der Waals surface area contributed by atoms with Crippen LogP contribution in [0.2, 0.25) is 51.4 Å². The lowest BCUT2D eigenvalue weighted by Gasteiger charge is -2.40. The Hall–Kier alpha value is -4.33. The number of piperidine rings is 1. The Labute approximate surface area is 357 Å². The molecule has 3 aliphatic rings. The molecule has 3 aliphatic heterocycles. The van der Waals surface area contributed by atoms with E-state index in [1.807, 2.05) is 43.2 Å². The Morgan fingerprint density at radius 2 is 1.60 bits per heavy atom. The first-order valence-electron chi connectivity index (χ1n) is 21.3. The van der Waals surface area contributed by atoms with Gasteiger partial charge in [0.05, 0.1) is 29.8 Å². The van der Waals surface area contributed by atoms with Crippen LogP contribution in [0.4, 0.5) is 15.4 Å². The Morgan fingerprint density at radius 3 is 2.10 bits per heavy atom. The molecule has 3 aromatic rings. The highest BCUT2D eigenvalue weighted by Gasteiger charge is 2.47. The summed E-state index contributed by atoms with van der Waals surface area (Å²) in [6, 6.07) is 5.03. The van der Waals surface area contributed by atoms with Gasteiger partial charge in [0.1, 0.15) is 30.6 Å². The zero-order valence-corrected chi connectivity index (χ0v) is 39.6. The van der Waals surface area contributed by atoms with E-state index < -0.39 is 39.2 Å². The average molecular weight is 863 g/mol. The monoisotopic (exact) mass is 862 g/mol. The van der Waals surface area contributed by atoms with E-state index in [0.717, 1.165) is 47.3 Å². The van der Waals surface area contributed by atoms with Gasteiger partial charge in [0.25, 0.3) is 5.91 Å². The molecule has 6 rings (SSSR count). The maximum absolute atomic E-state index is 13.6. The molecule has 3 fully saturated rings. The van der Waals surface area contributed by atoms with Crippen LogP contribution in [0.5, 0.6) is 0 Å². The van der Waals surface area contributed by atoms with Gasteiger partial charge in [-0.15, -0.1) is 0 Å². The van der Waals surface area contributed by atoms with Crippen molar-refractivity contribution in [2.75, 3.05) is 38.2 Å². The van der Waals surface area contributed by atoms with Crippen LogP contribution >= 0.6 is 0 Å². The molecule has 15 nitrogen and oxygen atoms in total. The van der Waals surface area contributed by atoms with E-state index in [0.29, 0.717) is 55.6 Å². The number of carbonyl (C=O) groups excluding carboxylic acids is 3. The van der Waals surface area contributed by atoms with Crippen molar-refractivity contribution in [2.45, 2.75) is 141 Å². The fraction of sp³-hybridized carbons (Fsp3) is 0.628. The van der Waals surface area contributed by atoms with E-state index in [-0.39, 0.29) is 37.6 Å². The smallest absolute Gasteiger partial charge is 0.410 e. The molecule has 0 aliphatic carbocycles. The van der Waals surface area contributed by atoms with Crippen molar-refractivity contribution in [3.05, 3.63) is 48.1 Å². The molecule has 0 saturated carbocycles. The van der Waals surface area contributed by atoms with E-state index in [1.54, 1.807) is 25.4 Å². The highest BCUT2D eigenvalue weighted by Crippen LogP contribution is 2.47. The molecule has 6 heterocycles. The van der Waals surface area contributed by atoms with Crippen molar-refractivity contribution >= 4 is 51.4 Å². The largest absolute Gasteiger partial charge is 0.494 e. The summed E-state index contributed by atoms with van der Waals surface area (Å²) in [5.41, 5.74) is 2.10. The SMILES string of the molecule is C=C(OCC)c1c([C@@H]2C[C@H]3CC[C@@H](C2)N3C(=O)OC(C)(C)C)nc2c(-c3ccc(C4(C)NC(=O)NC4=O)nc3)cnn2c1N(COCC[Si](C)(C)C)COCC[Si](C)(C)C. The molecule has 0 aromatic carbocycles. The van der Waals surface area contributed by atoms with Crippen molar-refractivity contribution in [1.29, 1.82) is 0 Å². The normalized spacial score (nSPS) is 21.9. The number of carbonyl (C=O) groups is 3. The topological polar surface area (TPSA) is 162 Å². The van der Waals surface area contributed by atoms with E-state index in [2.05, 4.69) is 66.4 Å². The fourth-order valence-corrected chi connectivity index (χ4v) is 9.66. The van der Waals surface area contributed by atoms with Crippen LogP contribution in [0, 0.1) is 0 Å². The van der Waals surface area contributed by atoms with Gasteiger partial charge in [0.15, 0.2) is 11.2 Å². The number of hydrogen-bond acceptors (Lipinski definition) is 11. The number of imide groups is 1. The third-order valence-electron chi connectivity index (χ3n) is 11.4. The second kappa shape index (κ2) is 17.6. The summed E-state index contributed by atoms with van der Waals surface area (Å²) in [4.78, 5) is 52.6. The molecule has 2 bridgehead atoms. The average Bonchev–Trinajstić information content (AvgIpc) is 3.78. The van der Waals surface area contributed by atoms with Gasteiger partial charge < -0.3 is 34.1 Å². The third kappa shape index (κ3) is 10.2. The lowest BCUT2D eigenvalue weighted by molar-refractivity contribution is -0.123. The minimum Gasteiger partial charge on any atom is -0.494 e. The zero-order chi connectivity index (χ0) is 43.8. The molecule has 0 spiro atoms.